The highest BCUT2D eigenvalue weighted by atomic mass is 16.2. The maximum atomic E-state index is 13.1. The van der Waals surface area contributed by atoms with E-state index in [0.29, 0.717) is 32.5 Å². The zero-order chi connectivity index (χ0) is 22.7. The molecule has 6 nitrogen and oxygen atoms in total. The smallest absolute Gasteiger partial charge is 0.228 e. The maximum absolute atomic E-state index is 13.1. The van der Waals surface area contributed by atoms with Crippen LogP contribution >= 0.6 is 0 Å². The van der Waals surface area contributed by atoms with Gasteiger partial charge in [-0.1, -0.05) is 42.8 Å². The van der Waals surface area contributed by atoms with E-state index in [1.165, 1.54) is 0 Å². The summed E-state index contributed by atoms with van der Waals surface area (Å²) in [6, 6.07) is 15.7. The van der Waals surface area contributed by atoms with Gasteiger partial charge in [-0.2, -0.15) is 0 Å². The van der Waals surface area contributed by atoms with Crippen LogP contribution in [0.4, 0.5) is 11.4 Å². The predicted octanol–water partition coefficient (Wildman–Crippen LogP) is 3.79. The molecule has 0 aliphatic carbocycles. The molecule has 0 aromatic heterocycles. The first-order chi connectivity index (χ1) is 15.5. The Bertz CT molecular complexity index is 994. The summed E-state index contributed by atoms with van der Waals surface area (Å²) in [5.41, 5.74) is 3.98. The number of benzene rings is 2. The topological polar surface area (TPSA) is 69.7 Å². The standard InChI is InChI=1S/C26H31N3O3/c1-3-19-6-4-5-7-23(19)27-25(31)20-12-14-28(15-13-20)26(32)21-16-24(30)29(17-21)22-10-8-18(2)9-11-22/h4-11,20-21H,3,12-17H2,1-2H3,(H,27,31)/t21-/m0/s1. The highest BCUT2D eigenvalue weighted by Gasteiger charge is 2.38. The van der Waals surface area contributed by atoms with Crippen molar-refractivity contribution in [3.8, 4) is 0 Å². The molecule has 1 atom stereocenters. The molecule has 2 aromatic carbocycles. The second-order valence-electron chi connectivity index (χ2n) is 8.84. The molecule has 2 saturated heterocycles. The lowest BCUT2D eigenvalue weighted by Gasteiger charge is -2.33. The molecule has 168 valence electrons. The Labute approximate surface area is 189 Å². The van der Waals surface area contributed by atoms with E-state index < -0.39 is 0 Å². The van der Waals surface area contributed by atoms with Gasteiger partial charge in [0.15, 0.2) is 0 Å². The van der Waals surface area contributed by atoms with E-state index in [4.69, 9.17) is 0 Å². The van der Waals surface area contributed by atoms with Crippen LogP contribution in [-0.2, 0) is 20.8 Å². The van der Waals surface area contributed by atoms with E-state index in [1.54, 1.807) is 4.90 Å². The molecule has 0 saturated carbocycles. The highest BCUT2D eigenvalue weighted by molar-refractivity contribution is 6.00. The van der Waals surface area contributed by atoms with Gasteiger partial charge in [-0.15, -0.1) is 0 Å². The number of para-hydroxylation sites is 1. The fourth-order valence-corrected chi connectivity index (χ4v) is 4.65. The zero-order valence-corrected chi connectivity index (χ0v) is 18.8. The van der Waals surface area contributed by atoms with E-state index in [9.17, 15) is 14.4 Å². The van der Waals surface area contributed by atoms with Crippen molar-refractivity contribution in [2.24, 2.45) is 11.8 Å². The summed E-state index contributed by atoms with van der Waals surface area (Å²) in [5.74, 6) is -0.359. The van der Waals surface area contributed by atoms with Crippen LogP contribution in [0.25, 0.3) is 0 Å². The van der Waals surface area contributed by atoms with Crippen LogP contribution in [0.15, 0.2) is 48.5 Å². The molecule has 2 aliphatic heterocycles. The third kappa shape index (κ3) is 4.69. The molecule has 3 amide bonds. The number of nitrogens with zero attached hydrogens (tertiary/aromatic N) is 2. The molecule has 2 aromatic rings. The van der Waals surface area contributed by atoms with Crippen molar-refractivity contribution in [2.45, 2.75) is 39.5 Å². The minimum Gasteiger partial charge on any atom is -0.342 e. The Balaban J connectivity index is 1.31. The number of hydrogen-bond donors (Lipinski definition) is 1. The number of likely N-dealkylation sites (tertiary alicyclic amines) is 1. The fraction of sp³-hybridized carbons (Fsp3) is 0.423. The Morgan fingerprint density at radius 1 is 1.00 bits per heavy atom. The molecule has 6 heteroatoms. The lowest BCUT2D eigenvalue weighted by atomic mass is 9.94. The lowest BCUT2D eigenvalue weighted by Crippen LogP contribution is -2.44. The van der Waals surface area contributed by atoms with Crippen molar-refractivity contribution < 1.29 is 14.4 Å². The summed E-state index contributed by atoms with van der Waals surface area (Å²) < 4.78 is 0. The van der Waals surface area contributed by atoms with Gasteiger partial charge < -0.3 is 15.1 Å². The Hall–Kier alpha value is -3.15. The van der Waals surface area contributed by atoms with Gasteiger partial charge in [-0.05, 0) is 49.9 Å². The van der Waals surface area contributed by atoms with Gasteiger partial charge in [-0.3, -0.25) is 14.4 Å². The largest absolute Gasteiger partial charge is 0.342 e. The minimum atomic E-state index is -0.314. The molecular weight excluding hydrogens is 402 g/mol. The van der Waals surface area contributed by atoms with E-state index in [0.717, 1.165) is 28.9 Å². The number of anilines is 2. The van der Waals surface area contributed by atoms with Gasteiger partial charge in [0, 0.05) is 43.3 Å². The van der Waals surface area contributed by atoms with E-state index >= 15 is 0 Å². The van der Waals surface area contributed by atoms with Crippen molar-refractivity contribution in [3.05, 3.63) is 59.7 Å². The molecular formula is C26H31N3O3. The number of nitrogens with one attached hydrogen (secondary N) is 1. The predicted molar refractivity (Wildman–Crippen MR) is 125 cm³/mol. The number of piperidine rings is 1. The average molecular weight is 434 g/mol. The Morgan fingerprint density at radius 3 is 2.38 bits per heavy atom. The number of rotatable bonds is 5. The lowest BCUT2D eigenvalue weighted by molar-refractivity contribution is -0.138. The van der Waals surface area contributed by atoms with Crippen LogP contribution in [0.5, 0.6) is 0 Å². The number of carbonyl (C=O) groups is 3. The van der Waals surface area contributed by atoms with Gasteiger partial charge in [0.25, 0.3) is 0 Å². The van der Waals surface area contributed by atoms with Crippen LogP contribution < -0.4 is 10.2 Å². The molecule has 0 spiro atoms. The van der Waals surface area contributed by atoms with Crippen LogP contribution in [0.2, 0.25) is 0 Å². The highest BCUT2D eigenvalue weighted by Crippen LogP contribution is 2.28. The number of carbonyl (C=O) groups excluding carboxylic acids is 3. The summed E-state index contributed by atoms with van der Waals surface area (Å²) in [7, 11) is 0. The number of amides is 3. The van der Waals surface area contributed by atoms with Gasteiger partial charge >= 0.3 is 0 Å². The molecule has 0 bridgehead atoms. The van der Waals surface area contributed by atoms with Gasteiger partial charge in [0.05, 0.1) is 5.92 Å². The molecule has 32 heavy (non-hydrogen) atoms. The van der Waals surface area contributed by atoms with Crippen molar-refractivity contribution in [2.75, 3.05) is 29.9 Å². The van der Waals surface area contributed by atoms with Crippen molar-refractivity contribution in [1.82, 2.24) is 4.90 Å². The monoisotopic (exact) mass is 433 g/mol. The third-order valence-corrected chi connectivity index (χ3v) is 6.65. The van der Waals surface area contributed by atoms with E-state index in [1.807, 2.05) is 60.4 Å². The second-order valence-corrected chi connectivity index (χ2v) is 8.84. The molecule has 2 fully saturated rings. The summed E-state index contributed by atoms with van der Waals surface area (Å²) in [6.07, 6.45) is 2.41. The van der Waals surface area contributed by atoms with E-state index in [2.05, 4.69) is 12.2 Å². The molecule has 2 heterocycles. The van der Waals surface area contributed by atoms with Gasteiger partial charge in [0.2, 0.25) is 17.7 Å². The van der Waals surface area contributed by atoms with Gasteiger partial charge in [-0.25, -0.2) is 0 Å². The normalized spacial score (nSPS) is 19.3. The summed E-state index contributed by atoms with van der Waals surface area (Å²) in [6.45, 7) is 5.62. The van der Waals surface area contributed by atoms with Crippen LogP contribution in [0.1, 0.15) is 37.3 Å². The minimum absolute atomic E-state index is 0.00365. The summed E-state index contributed by atoms with van der Waals surface area (Å²) >= 11 is 0. The molecule has 2 aliphatic rings. The average Bonchev–Trinajstić information content (AvgIpc) is 3.21. The maximum Gasteiger partial charge on any atom is 0.228 e. The molecule has 0 unspecified atom stereocenters. The van der Waals surface area contributed by atoms with Crippen molar-refractivity contribution >= 4 is 29.1 Å². The quantitative estimate of drug-likeness (QED) is 0.780. The van der Waals surface area contributed by atoms with Crippen LogP contribution in [-0.4, -0.2) is 42.3 Å². The first kappa shape index (κ1) is 22.1. The first-order valence-electron chi connectivity index (χ1n) is 11.5. The summed E-state index contributed by atoms with van der Waals surface area (Å²) in [5, 5.41) is 3.07. The van der Waals surface area contributed by atoms with Gasteiger partial charge in [0.1, 0.15) is 0 Å². The first-order valence-corrected chi connectivity index (χ1v) is 11.5. The summed E-state index contributed by atoms with van der Waals surface area (Å²) in [4.78, 5) is 41.9. The molecule has 0 radical (unpaired) electrons. The van der Waals surface area contributed by atoms with Crippen LogP contribution in [0, 0.1) is 18.8 Å². The fourth-order valence-electron chi connectivity index (χ4n) is 4.65. The Kier molecular flexibility index (Phi) is 6.58. The second kappa shape index (κ2) is 9.55. The number of aryl methyl sites for hydroxylation is 2. The number of hydrogen-bond acceptors (Lipinski definition) is 3. The third-order valence-electron chi connectivity index (χ3n) is 6.65. The van der Waals surface area contributed by atoms with Crippen molar-refractivity contribution in [1.29, 1.82) is 0 Å². The molecule has 4 rings (SSSR count). The molecule has 1 N–H and O–H groups in total. The zero-order valence-electron chi connectivity index (χ0n) is 18.8. The van der Waals surface area contributed by atoms with E-state index in [-0.39, 0.29) is 36.0 Å². The van der Waals surface area contributed by atoms with Crippen molar-refractivity contribution in [3.63, 3.8) is 0 Å². The SMILES string of the molecule is CCc1ccccc1NC(=O)C1CCN(C(=O)[C@H]2CC(=O)N(c3ccc(C)cc3)C2)CC1. The van der Waals surface area contributed by atoms with Crippen LogP contribution in [0.3, 0.4) is 0 Å². The Morgan fingerprint density at radius 2 is 1.69 bits per heavy atom.